The first-order valence-corrected chi connectivity index (χ1v) is 8.58. The summed E-state index contributed by atoms with van der Waals surface area (Å²) < 4.78 is 10.8. The van der Waals surface area contributed by atoms with Crippen molar-refractivity contribution in [1.82, 2.24) is 10.2 Å². The molecule has 1 atom stereocenters. The molecule has 0 aliphatic carbocycles. The normalized spacial score (nSPS) is 15.2. The molecular formula is C20H15N5O4. The molecule has 3 aromatic rings. The number of aromatic nitrogens is 2. The molecule has 1 aliphatic rings. The topological polar surface area (TPSA) is 140 Å². The second kappa shape index (κ2) is 7.01. The minimum Gasteiger partial charge on any atom is -0.497 e. The predicted molar refractivity (Wildman–Crippen MR) is 103 cm³/mol. The molecule has 9 nitrogen and oxygen atoms in total. The molecular weight excluding hydrogens is 374 g/mol. The van der Waals surface area contributed by atoms with Gasteiger partial charge in [-0.3, -0.25) is 15.2 Å². The molecule has 0 bridgehead atoms. The molecule has 0 saturated carbocycles. The van der Waals surface area contributed by atoms with Crippen LogP contribution in [0.5, 0.6) is 11.6 Å². The van der Waals surface area contributed by atoms with Crippen LogP contribution in [0.25, 0.3) is 11.3 Å². The molecule has 29 heavy (non-hydrogen) atoms. The number of hydrogen-bond donors (Lipinski definition) is 2. The van der Waals surface area contributed by atoms with E-state index in [1.807, 2.05) is 18.2 Å². The maximum Gasteiger partial charge on any atom is 0.269 e. The Morgan fingerprint density at radius 2 is 2.10 bits per heavy atom. The van der Waals surface area contributed by atoms with Crippen LogP contribution in [-0.2, 0) is 0 Å². The maximum atomic E-state index is 11.3. The van der Waals surface area contributed by atoms with Gasteiger partial charge in [-0.2, -0.15) is 5.26 Å². The summed E-state index contributed by atoms with van der Waals surface area (Å²) >= 11 is 0. The standard InChI is InChI=1S/C20H15N5O4/c1-28-14-7-3-5-12(9-14)18-17-16(11-4-2-6-13(8-11)25(26)27)15(10-21)19(22)29-20(17)24-23-18/h2-9,16H,22H2,1H3,(H,23,24)/t16-/m0/s1. The number of nitriles is 1. The van der Waals surface area contributed by atoms with Gasteiger partial charge < -0.3 is 15.2 Å². The van der Waals surface area contributed by atoms with Gasteiger partial charge in [0, 0.05) is 17.7 Å². The summed E-state index contributed by atoms with van der Waals surface area (Å²) in [6, 6.07) is 15.5. The molecule has 9 heteroatoms. The molecule has 0 radical (unpaired) electrons. The highest BCUT2D eigenvalue weighted by Gasteiger charge is 2.36. The van der Waals surface area contributed by atoms with E-state index in [4.69, 9.17) is 15.2 Å². The van der Waals surface area contributed by atoms with Crippen LogP contribution >= 0.6 is 0 Å². The first-order chi connectivity index (χ1) is 14.0. The molecule has 1 aromatic heterocycles. The fraction of sp³-hybridized carbons (Fsp3) is 0.100. The zero-order valence-electron chi connectivity index (χ0n) is 15.2. The summed E-state index contributed by atoms with van der Waals surface area (Å²) in [5.41, 5.74) is 8.50. The molecule has 0 spiro atoms. The van der Waals surface area contributed by atoms with Gasteiger partial charge >= 0.3 is 0 Å². The average Bonchev–Trinajstić information content (AvgIpc) is 3.16. The van der Waals surface area contributed by atoms with Gasteiger partial charge in [-0.15, -0.1) is 5.10 Å². The number of nitrogens with zero attached hydrogens (tertiary/aromatic N) is 3. The summed E-state index contributed by atoms with van der Waals surface area (Å²) in [4.78, 5) is 10.8. The largest absolute Gasteiger partial charge is 0.497 e. The first kappa shape index (κ1) is 18.1. The minimum absolute atomic E-state index is 0.0831. The predicted octanol–water partition coefficient (Wildman–Crippen LogP) is 3.21. The van der Waals surface area contributed by atoms with Crippen molar-refractivity contribution < 1.29 is 14.4 Å². The van der Waals surface area contributed by atoms with Gasteiger partial charge in [0.1, 0.15) is 17.4 Å². The van der Waals surface area contributed by atoms with Crippen LogP contribution < -0.4 is 15.2 Å². The van der Waals surface area contributed by atoms with E-state index in [1.54, 1.807) is 25.3 Å². The Morgan fingerprint density at radius 3 is 2.83 bits per heavy atom. The second-order valence-corrected chi connectivity index (χ2v) is 6.33. The van der Waals surface area contributed by atoms with Crippen molar-refractivity contribution >= 4 is 5.69 Å². The molecule has 2 aromatic carbocycles. The van der Waals surface area contributed by atoms with Crippen molar-refractivity contribution in [1.29, 1.82) is 5.26 Å². The van der Waals surface area contributed by atoms with Gasteiger partial charge in [0.25, 0.3) is 5.69 Å². The van der Waals surface area contributed by atoms with Crippen LogP contribution in [-0.4, -0.2) is 22.2 Å². The van der Waals surface area contributed by atoms with Crippen molar-refractivity contribution in [3.05, 3.63) is 81.2 Å². The number of nitro groups is 1. The zero-order valence-corrected chi connectivity index (χ0v) is 15.2. The molecule has 144 valence electrons. The van der Waals surface area contributed by atoms with Crippen LogP contribution in [0, 0.1) is 21.4 Å². The highest BCUT2D eigenvalue weighted by Crippen LogP contribution is 2.46. The van der Waals surface area contributed by atoms with Crippen LogP contribution in [0.1, 0.15) is 17.0 Å². The van der Waals surface area contributed by atoms with Crippen molar-refractivity contribution in [3.8, 4) is 29.0 Å². The number of methoxy groups -OCH3 is 1. The van der Waals surface area contributed by atoms with E-state index < -0.39 is 10.8 Å². The average molecular weight is 389 g/mol. The summed E-state index contributed by atoms with van der Waals surface area (Å²) in [6.45, 7) is 0. The highest BCUT2D eigenvalue weighted by molar-refractivity contribution is 5.72. The Labute approximate surface area is 165 Å². The van der Waals surface area contributed by atoms with E-state index in [0.29, 0.717) is 22.6 Å². The van der Waals surface area contributed by atoms with Gasteiger partial charge in [0.2, 0.25) is 11.8 Å². The monoisotopic (exact) mass is 389 g/mol. The third-order valence-corrected chi connectivity index (χ3v) is 4.71. The number of benzene rings is 2. The minimum atomic E-state index is -0.677. The second-order valence-electron chi connectivity index (χ2n) is 6.33. The number of nitrogens with two attached hydrogens (primary N) is 1. The lowest BCUT2D eigenvalue weighted by molar-refractivity contribution is -0.384. The third-order valence-electron chi connectivity index (χ3n) is 4.71. The zero-order chi connectivity index (χ0) is 20.5. The van der Waals surface area contributed by atoms with Gasteiger partial charge in [0.15, 0.2) is 0 Å². The fourth-order valence-electron chi connectivity index (χ4n) is 3.39. The number of H-pyrrole nitrogens is 1. The van der Waals surface area contributed by atoms with E-state index >= 15 is 0 Å². The molecule has 0 unspecified atom stereocenters. The highest BCUT2D eigenvalue weighted by atomic mass is 16.6. The van der Waals surface area contributed by atoms with E-state index in [9.17, 15) is 15.4 Å². The van der Waals surface area contributed by atoms with Crippen LogP contribution in [0.4, 0.5) is 5.69 Å². The summed E-state index contributed by atoms with van der Waals surface area (Å²) in [6.07, 6.45) is 0. The van der Waals surface area contributed by atoms with E-state index in [2.05, 4.69) is 16.3 Å². The molecule has 1 aliphatic heterocycles. The van der Waals surface area contributed by atoms with Gasteiger partial charge in [-0.25, -0.2) is 0 Å². The lowest BCUT2D eigenvalue weighted by Crippen LogP contribution is -2.21. The SMILES string of the molecule is COc1cccc(-c2[nH]nc3c2[C@@H](c2cccc([N+](=O)[O-])c2)C(C#N)=C(N)O3)c1. The van der Waals surface area contributed by atoms with E-state index in [1.165, 1.54) is 12.1 Å². The maximum absolute atomic E-state index is 11.3. The van der Waals surface area contributed by atoms with Gasteiger partial charge in [-0.1, -0.05) is 24.3 Å². The Kier molecular flexibility index (Phi) is 4.37. The number of fused-ring (bicyclic) bond motifs is 1. The first-order valence-electron chi connectivity index (χ1n) is 8.58. The number of hydrogen-bond acceptors (Lipinski definition) is 7. The van der Waals surface area contributed by atoms with E-state index in [0.717, 1.165) is 5.56 Å². The number of ether oxygens (including phenoxy) is 2. The Balaban J connectivity index is 1.94. The Bertz CT molecular complexity index is 1190. The van der Waals surface area contributed by atoms with Gasteiger partial charge in [0.05, 0.1) is 29.2 Å². The molecule has 4 rings (SSSR count). The number of allylic oxidation sites excluding steroid dienone is 1. The summed E-state index contributed by atoms with van der Waals surface area (Å²) in [5.74, 6) is 0.102. The lowest BCUT2D eigenvalue weighted by atomic mass is 9.83. The van der Waals surface area contributed by atoms with Crippen LogP contribution in [0.15, 0.2) is 60.0 Å². The molecule has 2 heterocycles. The van der Waals surface area contributed by atoms with Crippen molar-refractivity contribution in [2.75, 3.05) is 7.11 Å². The number of nitrogens with one attached hydrogen (secondary N) is 1. The summed E-state index contributed by atoms with van der Waals surface area (Å²) in [5, 5.41) is 28.1. The fourth-order valence-corrected chi connectivity index (χ4v) is 3.39. The van der Waals surface area contributed by atoms with Crippen LogP contribution in [0.3, 0.4) is 0 Å². The summed E-state index contributed by atoms with van der Waals surface area (Å²) in [7, 11) is 1.56. The number of non-ortho nitro benzene ring substituents is 1. The number of rotatable bonds is 4. The quantitative estimate of drug-likeness (QED) is 0.515. The van der Waals surface area contributed by atoms with Crippen LogP contribution in [0.2, 0.25) is 0 Å². The van der Waals surface area contributed by atoms with Crippen molar-refractivity contribution in [3.63, 3.8) is 0 Å². The molecule has 3 N–H and O–H groups in total. The third kappa shape index (κ3) is 3.02. The number of nitro benzene ring substituents is 1. The van der Waals surface area contributed by atoms with E-state index in [-0.39, 0.29) is 23.0 Å². The van der Waals surface area contributed by atoms with Crippen molar-refractivity contribution in [2.45, 2.75) is 5.92 Å². The lowest BCUT2D eigenvalue weighted by Gasteiger charge is -2.24. The number of aromatic amines is 1. The smallest absolute Gasteiger partial charge is 0.269 e. The molecule has 0 fully saturated rings. The van der Waals surface area contributed by atoms with Gasteiger partial charge in [-0.05, 0) is 17.7 Å². The Hall–Kier alpha value is -4.32. The van der Waals surface area contributed by atoms with Crippen molar-refractivity contribution in [2.24, 2.45) is 5.73 Å². The Morgan fingerprint density at radius 1 is 1.31 bits per heavy atom. The molecule has 0 amide bonds. The molecule has 0 saturated heterocycles.